The third kappa shape index (κ3) is 4.49. The maximum atomic E-state index is 12.2. The molecule has 2 atom stereocenters. The maximum absolute atomic E-state index is 12.2. The Hall–Kier alpha value is -3.92. The number of nitrogens with zero attached hydrogens (tertiary/aromatic N) is 3. The number of primary amides is 1. The fourth-order valence-corrected chi connectivity index (χ4v) is 5.58. The molecule has 198 valence electrons. The number of hydrogen-bond acceptors (Lipinski definition) is 7. The summed E-state index contributed by atoms with van der Waals surface area (Å²) >= 11 is 0. The van der Waals surface area contributed by atoms with Crippen LogP contribution in [0.2, 0.25) is 0 Å². The van der Waals surface area contributed by atoms with Gasteiger partial charge in [-0.2, -0.15) is 5.10 Å². The van der Waals surface area contributed by atoms with Crippen molar-refractivity contribution in [2.24, 2.45) is 11.7 Å². The fourth-order valence-electron chi connectivity index (χ4n) is 5.58. The lowest BCUT2D eigenvalue weighted by Gasteiger charge is -2.51. The molecular weight excluding hydrogens is 484 g/mol. The van der Waals surface area contributed by atoms with E-state index >= 15 is 0 Å². The Kier molecular flexibility index (Phi) is 6.27. The molecule has 3 heterocycles. The minimum atomic E-state index is -0.629. The van der Waals surface area contributed by atoms with Gasteiger partial charge in [0.15, 0.2) is 0 Å². The zero-order valence-electron chi connectivity index (χ0n) is 21.4. The summed E-state index contributed by atoms with van der Waals surface area (Å²) in [5.41, 5.74) is 8.58. The van der Waals surface area contributed by atoms with Crippen LogP contribution in [0.25, 0.3) is 11.1 Å². The van der Waals surface area contributed by atoms with E-state index in [1.165, 1.54) is 12.6 Å². The number of amides is 2. The molecule has 3 aromatic rings. The molecule has 2 amide bonds. The predicted molar refractivity (Wildman–Crippen MR) is 142 cm³/mol. The molecule has 3 fully saturated rings. The van der Waals surface area contributed by atoms with Crippen LogP contribution < -0.4 is 21.1 Å². The zero-order chi connectivity index (χ0) is 26.3. The Bertz CT molecular complexity index is 1380. The monoisotopic (exact) mass is 516 g/mol. The molecule has 3 aliphatic rings. The number of aromatic nitrogens is 3. The van der Waals surface area contributed by atoms with Gasteiger partial charge in [0.05, 0.1) is 41.9 Å². The summed E-state index contributed by atoms with van der Waals surface area (Å²) in [5, 5.41) is 10.8. The van der Waals surface area contributed by atoms with Crippen molar-refractivity contribution < 1.29 is 19.1 Å². The number of methoxy groups -OCH3 is 1. The van der Waals surface area contributed by atoms with Crippen LogP contribution in [0.4, 0.5) is 17.2 Å². The quantitative estimate of drug-likeness (QED) is 0.404. The minimum Gasteiger partial charge on any atom is -0.494 e. The molecule has 1 saturated heterocycles. The van der Waals surface area contributed by atoms with E-state index in [2.05, 4.69) is 21.8 Å². The van der Waals surface area contributed by atoms with Crippen LogP contribution in [0, 0.1) is 5.92 Å². The Morgan fingerprint density at radius 3 is 2.71 bits per heavy atom. The van der Waals surface area contributed by atoms with Gasteiger partial charge in [0, 0.05) is 42.1 Å². The number of para-hydroxylation sites is 1. The maximum Gasteiger partial charge on any atom is 0.252 e. The second kappa shape index (κ2) is 9.75. The summed E-state index contributed by atoms with van der Waals surface area (Å²) in [6, 6.07) is 7.60. The van der Waals surface area contributed by atoms with Gasteiger partial charge in [-0.25, -0.2) is 4.98 Å². The normalized spacial score (nSPS) is 22.5. The number of benzene rings is 1. The first kappa shape index (κ1) is 24.4. The van der Waals surface area contributed by atoms with E-state index in [1.807, 2.05) is 29.1 Å². The van der Waals surface area contributed by atoms with Gasteiger partial charge in [0.2, 0.25) is 5.91 Å². The third-order valence-corrected chi connectivity index (χ3v) is 7.92. The number of hydrogen-bond donors (Lipinski definition) is 3. The van der Waals surface area contributed by atoms with Gasteiger partial charge < -0.3 is 25.8 Å². The van der Waals surface area contributed by atoms with Gasteiger partial charge in [-0.05, 0) is 51.0 Å². The molecule has 1 aromatic carbocycles. The fraction of sp³-hybridized carbons (Fsp3) is 0.429. The predicted octanol–water partition coefficient (Wildman–Crippen LogP) is 4.42. The summed E-state index contributed by atoms with van der Waals surface area (Å²) in [6.07, 6.45) is 12.6. The Morgan fingerprint density at radius 1 is 1.16 bits per heavy atom. The number of carbonyl (C=O) groups is 2. The lowest BCUT2D eigenvalue weighted by atomic mass is 9.70. The van der Waals surface area contributed by atoms with E-state index in [9.17, 15) is 9.59 Å². The summed E-state index contributed by atoms with van der Waals surface area (Å²) in [7, 11) is 1.61. The second-order valence-corrected chi connectivity index (χ2v) is 10.4. The molecule has 10 heteroatoms. The summed E-state index contributed by atoms with van der Waals surface area (Å²) in [5.74, 6) is 0.279. The molecule has 1 spiro atoms. The highest BCUT2D eigenvalue weighted by Crippen LogP contribution is 2.50. The van der Waals surface area contributed by atoms with Crippen LogP contribution in [0.1, 0.15) is 61.3 Å². The first-order valence-electron chi connectivity index (χ1n) is 13.2. The Labute approximate surface area is 220 Å². The third-order valence-electron chi connectivity index (χ3n) is 7.92. The molecular formula is C28H32N6O4. The van der Waals surface area contributed by atoms with Gasteiger partial charge in [0.1, 0.15) is 11.6 Å². The second-order valence-electron chi connectivity index (χ2n) is 10.4. The van der Waals surface area contributed by atoms with E-state index < -0.39 is 5.91 Å². The van der Waals surface area contributed by atoms with Gasteiger partial charge in [-0.1, -0.05) is 12.1 Å². The molecule has 2 saturated carbocycles. The number of rotatable bonds is 8. The summed E-state index contributed by atoms with van der Waals surface area (Å²) < 4.78 is 14.1. The molecule has 10 nitrogen and oxygen atoms in total. The summed E-state index contributed by atoms with van der Waals surface area (Å²) in [6.45, 7) is 0.820. The van der Waals surface area contributed by atoms with Crippen LogP contribution in [0.3, 0.4) is 0 Å². The standard InChI is InChI=1S/C28H32N6O4/c1-37-25-19(18-14-31-34(16-18)23-9-11-28(23)10-2-3-12-38-28)5-4-6-21(25)32-22-13-24(30-15-20(22)26(29)35)33-27(36)17-7-8-17/h4-6,13-17,23H,2-3,7-12H2,1H3,(H2,29,35)(H2,30,32,33,36)/t23-,28+/m1/s1. The van der Waals surface area contributed by atoms with Crippen LogP contribution in [-0.4, -0.2) is 45.9 Å². The number of carbonyl (C=O) groups excluding carboxylic acids is 2. The van der Waals surface area contributed by atoms with Crippen LogP contribution in [0.15, 0.2) is 42.9 Å². The molecule has 38 heavy (non-hydrogen) atoms. The van der Waals surface area contributed by atoms with Gasteiger partial charge in [-0.3, -0.25) is 14.3 Å². The van der Waals surface area contributed by atoms with Gasteiger partial charge >= 0.3 is 0 Å². The molecule has 6 rings (SSSR count). The number of nitrogens with two attached hydrogens (primary N) is 1. The average Bonchev–Trinajstić information content (AvgIpc) is 3.67. The van der Waals surface area contributed by atoms with Gasteiger partial charge in [-0.15, -0.1) is 0 Å². The van der Waals surface area contributed by atoms with E-state index in [-0.39, 0.29) is 29.0 Å². The van der Waals surface area contributed by atoms with Crippen molar-refractivity contribution in [3.8, 4) is 16.9 Å². The van der Waals surface area contributed by atoms with Crippen LogP contribution in [0.5, 0.6) is 5.75 Å². The van der Waals surface area contributed by atoms with Crippen molar-refractivity contribution in [2.75, 3.05) is 24.4 Å². The van der Waals surface area contributed by atoms with Gasteiger partial charge in [0.25, 0.3) is 5.91 Å². The van der Waals surface area contributed by atoms with E-state index in [4.69, 9.17) is 20.3 Å². The number of pyridine rings is 1. The lowest BCUT2D eigenvalue weighted by molar-refractivity contribution is -0.165. The molecule has 2 aromatic heterocycles. The summed E-state index contributed by atoms with van der Waals surface area (Å²) in [4.78, 5) is 28.6. The van der Waals surface area contributed by atoms with Crippen LogP contribution in [-0.2, 0) is 9.53 Å². The largest absolute Gasteiger partial charge is 0.494 e. The number of nitrogens with one attached hydrogen (secondary N) is 2. The first-order chi connectivity index (χ1) is 18.5. The molecule has 2 aliphatic carbocycles. The van der Waals surface area contributed by atoms with Crippen molar-refractivity contribution in [3.05, 3.63) is 48.4 Å². The highest BCUT2D eigenvalue weighted by Gasteiger charge is 2.50. The molecule has 1 aliphatic heterocycles. The van der Waals surface area contributed by atoms with Crippen molar-refractivity contribution in [3.63, 3.8) is 0 Å². The van der Waals surface area contributed by atoms with Crippen molar-refractivity contribution in [2.45, 2.75) is 56.6 Å². The van der Waals surface area contributed by atoms with Crippen LogP contribution >= 0.6 is 0 Å². The topological polar surface area (TPSA) is 133 Å². The lowest BCUT2D eigenvalue weighted by Crippen LogP contribution is -2.52. The van der Waals surface area contributed by atoms with Crippen molar-refractivity contribution in [1.82, 2.24) is 14.8 Å². The van der Waals surface area contributed by atoms with E-state index in [1.54, 1.807) is 13.2 Å². The molecule has 0 unspecified atom stereocenters. The van der Waals surface area contributed by atoms with Crippen molar-refractivity contribution >= 4 is 29.0 Å². The highest BCUT2D eigenvalue weighted by atomic mass is 16.5. The average molecular weight is 517 g/mol. The Balaban J connectivity index is 1.29. The number of ether oxygens (including phenoxy) is 2. The zero-order valence-corrected chi connectivity index (χ0v) is 21.4. The molecule has 4 N–H and O–H groups in total. The Morgan fingerprint density at radius 2 is 2.03 bits per heavy atom. The minimum absolute atomic E-state index is 0.0289. The smallest absolute Gasteiger partial charge is 0.252 e. The first-order valence-corrected chi connectivity index (χ1v) is 13.2. The molecule has 0 bridgehead atoms. The highest BCUT2D eigenvalue weighted by molar-refractivity contribution is 6.01. The number of anilines is 3. The SMILES string of the molecule is COc1c(Nc2cc(NC(=O)C3CC3)ncc2C(N)=O)cccc1-c1cnn([C@@H]2CC[C@@]23CCCCO3)c1. The van der Waals surface area contributed by atoms with E-state index in [0.717, 1.165) is 56.3 Å². The van der Waals surface area contributed by atoms with Crippen molar-refractivity contribution in [1.29, 1.82) is 0 Å². The molecule has 0 radical (unpaired) electrons. The van der Waals surface area contributed by atoms with E-state index in [0.29, 0.717) is 22.9 Å².